The Balaban J connectivity index is 1.50. The Kier molecular flexibility index (Phi) is 7.12. The molecule has 0 bridgehead atoms. The molecule has 38 heavy (non-hydrogen) atoms. The molecule has 1 aliphatic rings. The number of anilines is 1. The third kappa shape index (κ3) is 5.61. The Hall–Kier alpha value is -4.41. The minimum absolute atomic E-state index is 0.0340. The van der Waals surface area contributed by atoms with Gasteiger partial charge < -0.3 is 20.1 Å². The van der Waals surface area contributed by atoms with Gasteiger partial charge >= 0.3 is 12.3 Å². The fourth-order valence-corrected chi connectivity index (χ4v) is 4.33. The first-order valence-corrected chi connectivity index (χ1v) is 11.5. The lowest BCUT2D eigenvalue weighted by molar-refractivity contribution is -0.274. The third-order valence-corrected chi connectivity index (χ3v) is 6.05. The number of carboxylic acids is 1. The number of nitrogens with zero attached hydrogens (tertiary/aromatic N) is 1. The van der Waals surface area contributed by atoms with Crippen molar-refractivity contribution in [1.29, 1.82) is 0 Å². The quantitative estimate of drug-likeness (QED) is 0.382. The van der Waals surface area contributed by atoms with Crippen LogP contribution in [0.1, 0.15) is 40.1 Å². The van der Waals surface area contributed by atoms with Crippen molar-refractivity contribution in [3.63, 3.8) is 0 Å². The maximum absolute atomic E-state index is 15.0. The summed E-state index contributed by atoms with van der Waals surface area (Å²) < 4.78 is 55.7. The maximum Gasteiger partial charge on any atom is 0.573 e. The molecule has 1 heterocycles. The van der Waals surface area contributed by atoms with Crippen LogP contribution in [0.4, 0.5) is 23.2 Å². The predicted octanol–water partition coefficient (Wildman–Crippen LogP) is 5.71. The molecule has 7 nitrogen and oxygen atoms in total. The van der Waals surface area contributed by atoms with Gasteiger partial charge in [0.1, 0.15) is 17.6 Å². The summed E-state index contributed by atoms with van der Waals surface area (Å²) in [5.74, 6) is -3.70. The van der Waals surface area contributed by atoms with Crippen molar-refractivity contribution in [3.05, 3.63) is 83.2 Å². The Labute approximate surface area is 214 Å². The van der Waals surface area contributed by atoms with Gasteiger partial charge in [0.25, 0.3) is 11.8 Å². The molecular formula is C27H22F4N2O5. The van der Waals surface area contributed by atoms with Gasteiger partial charge in [-0.15, -0.1) is 13.2 Å². The lowest BCUT2D eigenvalue weighted by Crippen LogP contribution is -2.44. The van der Waals surface area contributed by atoms with Crippen LogP contribution in [0.2, 0.25) is 0 Å². The molecule has 3 aromatic carbocycles. The summed E-state index contributed by atoms with van der Waals surface area (Å²) in [5, 5.41) is 12.0. The van der Waals surface area contributed by atoms with Crippen LogP contribution in [0.25, 0.3) is 11.1 Å². The molecule has 0 aliphatic carbocycles. The fraction of sp³-hybridized carbons (Fsp3) is 0.222. The summed E-state index contributed by atoms with van der Waals surface area (Å²) >= 11 is 0. The average molecular weight is 530 g/mol. The highest BCUT2D eigenvalue weighted by atomic mass is 19.4. The van der Waals surface area contributed by atoms with Crippen LogP contribution in [-0.4, -0.2) is 40.2 Å². The Bertz CT molecular complexity index is 1400. The van der Waals surface area contributed by atoms with Crippen molar-refractivity contribution in [2.24, 2.45) is 5.92 Å². The lowest BCUT2D eigenvalue weighted by atomic mass is 9.99. The predicted molar refractivity (Wildman–Crippen MR) is 129 cm³/mol. The summed E-state index contributed by atoms with van der Waals surface area (Å²) in [6.45, 7) is 3.57. The fourth-order valence-electron chi connectivity index (χ4n) is 4.33. The zero-order valence-electron chi connectivity index (χ0n) is 20.2. The van der Waals surface area contributed by atoms with Crippen molar-refractivity contribution in [3.8, 4) is 16.9 Å². The molecule has 198 valence electrons. The van der Waals surface area contributed by atoms with Gasteiger partial charge in [0.2, 0.25) is 0 Å². The molecular weight excluding hydrogens is 508 g/mol. The second-order valence-electron chi connectivity index (χ2n) is 9.05. The summed E-state index contributed by atoms with van der Waals surface area (Å²) in [6.07, 6.45) is -4.86. The number of ether oxygens (including phenoxy) is 1. The number of alkyl halides is 3. The third-order valence-electron chi connectivity index (χ3n) is 6.05. The maximum atomic E-state index is 15.0. The van der Waals surface area contributed by atoms with Crippen LogP contribution in [0.3, 0.4) is 0 Å². The Morgan fingerprint density at radius 2 is 1.68 bits per heavy atom. The van der Waals surface area contributed by atoms with Gasteiger partial charge in [-0.25, -0.2) is 9.18 Å². The smallest absolute Gasteiger partial charge is 0.480 e. The van der Waals surface area contributed by atoms with E-state index >= 15 is 4.39 Å². The number of amides is 2. The molecule has 0 fully saturated rings. The minimum Gasteiger partial charge on any atom is -0.480 e. The number of fused-ring (bicyclic) bond motifs is 1. The molecule has 0 spiro atoms. The first kappa shape index (κ1) is 26.6. The molecule has 0 radical (unpaired) electrons. The average Bonchev–Trinajstić information content (AvgIpc) is 3.13. The van der Waals surface area contributed by atoms with Gasteiger partial charge in [-0.3, -0.25) is 9.59 Å². The SMILES string of the molecule is CC(C)[C@@H](C(=O)O)N1Cc2ccc(-c3ccc(NC(=O)c4ccc(OC(F)(F)F)cc4)cc3F)cc2C1=O. The Morgan fingerprint density at radius 1 is 1.00 bits per heavy atom. The molecule has 2 amide bonds. The number of carboxylic acid groups (broad SMARTS) is 1. The van der Waals surface area contributed by atoms with Crippen LogP contribution in [0.5, 0.6) is 5.75 Å². The summed E-state index contributed by atoms with van der Waals surface area (Å²) in [7, 11) is 0. The van der Waals surface area contributed by atoms with Gasteiger partial charge in [-0.05, 0) is 65.6 Å². The van der Waals surface area contributed by atoms with Crippen LogP contribution in [0, 0.1) is 11.7 Å². The molecule has 2 N–H and O–H groups in total. The highest BCUT2D eigenvalue weighted by Gasteiger charge is 2.38. The van der Waals surface area contributed by atoms with Crippen LogP contribution < -0.4 is 10.1 Å². The molecule has 3 aromatic rings. The van der Waals surface area contributed by atoms with E-state index in [4.69, 9.17) is 0 Å². The second kappa shape index (κ2) is 10.2. The first-order valence-electron chi connectivity index (χ1n) is 11.5. The van der Waals surface area contributed by atoms with E-state index in [2.05, 4.69) is 10.1 Å². The molecule has 1 atom stereocenters. The van der Waals surface area contributed by atoms with Crippen molar-refractivity contribution >= 4 is 23.5 Å². The van der Waals surface area contributed by atoms with E-state index in [9.17, 15) is 32.7 Å². The van der Waals surface area contributed by atoms with Crippen molar-refractivity contribution < 1.29 is 41.8 Å². The summed E-state index contributed by atoms with van der Waals surface area (Å²) in [6, 6.07) is 12.0. The zero-order valence-corrected chi connectivity index (χ0v) is 20.2. The standard InChI is InChI=1S/C27H22F4N2O5/c1-14(2)23(26(36)37)33-13-17-4-3-16(11-21(17)25(33)35)20-10-7-18(12-22(20)28)32-24(34)15-5-8-19(9-6-15)38-27(29,30)31/h3-12,14,23H,13H2,1-2H3,(H,32,34)(H,36,37)/t23-/m0/s1. The van der Waals surface area contributed by atoms with E-state index in [0.29, 0.717) is 16.7 Å². The minimum atomic E-state index is -4.86. The second-order valence-corrected chi connectivity index (χ2v) is 9.05. The highest BCUT2D eigenvalue weighted by molar-refractivity contribution is 6.04. The molecule has 0 unspecified atom stereocenters. The number of aliphatic carboxylic acids is 1. The molecule has 1 aliphatic heterocycles. The summed E-state index contributed by atoms with van der Waals surface area (Å²) in [5.41, 5.74) is 1.63. The van der Waals surface area contributed by atoms with Crippen LogP contribution >= 0.6 is 0 Å². The molecule has 0 saturated carbocycles. The number of nitrogens with one attached hydrogen (secondary N) is 1. The first-order chi connectivity index (χ1) is 17.8. The number of hydrogen-bond acceptors (Lipinski definition) is 4. The Morgan fingerprint density at radius 3 is 2.26 bits per heavy atom. The number of halogens is 4. The molecule has 11 heteroatoms. The molecule has 0 aromatic heterocycles. The van der Waals surface area contributed by atoms with E-state index in [0.717, 1.165) is 30.3 Å². The topological polar surface area (TPSA) is 95.9 Å². The number of rotatable bonds is 7. The van der Waals surface area contributed by atoms with Crippen molar-refractivity contribution in [1.82, 2.24) is 4.90 Å². The number of hydrogen-bond donors (Lipinski definition) is 2. The number of carbonyl (C=O) groups is 3. The van der Waals surface area contributed by atoms with Crippen LogP contribution in [-0.2, 0) is 11.3 Å². The van der Waals surface area contributed by atoms with Gasteiger partial charge in [-0.1, -0.05) is 26.0 Å². The van der Waals surface area contributed by atoms with E-state index < -0.39 is 41.8 Å². The van der Waals surface area contributed by atoms with E-state index in [1.54, 1.807) is 26.0 Å². The van der Waals surface area contributed by atoms with Crippen LogP contribution in [0.15, 0.2) is 60.7 Å². The lowest BCUT2D eigenvalue weighted by Gasteiger charge is -2.27. The van der Waals surface area contributed by atoms with Crippen molar-refractivity contribution in [2.45, 2.75) is 32.8 Å². The van der Waals surface area contributed by atoms with E-state index in [1.807, 2.05) is 0 Å². The molecule has 4 rings (SSSR count). The van der Waals surface area contributed by atoms with Gasteiger partial charge in [0.05, 0.1) is 0 Å². The summed E-state index contributed by atoms with van der Waals surface area (Å²) in [4.78, 5) is 38.4. The normalized spacial score (nSPS) is 13.9. The van der Waals surface area contributed by atoms with Gasteiger partial charge in [0, 0.05) is 28.9 Å². The van der Waals surface area contributed by atoms with E-state index in [-0.39, 0.29) is 29.3 Å². The van der Waals surface area contributed by atoms with E-state index in [1.165, 1.54) is 23.1 Å². The number of benzene rings is 3. The van der Waals surface area contributed by atoms with Crippen molar-refractivity contribution in [2.75, 3.05) is 5.32 Å². The van der Waals surface area contributed by atoms with Gasteiger partial charge in [-0.2, -0.15) is 0 Å². The largest absolute Gasteiger partial charge is 0.573 e. The molecule has 0 saturated heterocycles. The zero-order chi connectivity index (χ0) is 27.8. The highest BCUT2D eigenvalue weighted by Crippen LogP contribution is 2.33. The van der Waals surface area contributed by atoms with Gasteiger partial charge in [0.15, 0.2) is 0 Å². The monoisotopic (exact) mass is 530 g/mol. The number of carbonyl (C=O) groups excluding carboxylic acids is 2.